The maximum Gasteiger partial charge on any atom is 0.414 e. The van der Waals surface area contributed by atoms with Crippen LogP contribution in [0.3, 0.4) is 0 Å². The lowest BCUT2D eigenvalue weighted by Gasteiger charge is -2.28. The molecular weight excluding hydrogens is 467 g/mol. The summed E-state index contributed by atoms with van der Waals surface area (Å²) in [4.78, 5) is 33.2. The zero-order valence-corrected chi connectivity index (χ0v) is 19.8. The van der Waals surface area contributed by atoms with E-state index in [2.05, 4.69) is 10.3 Å². The maximum absolute atomic E-state index is 14.5. The minimum Gasteiger partial charge on any atom is -0.391 e. The third kappa shape index (κ3) is 3.85. The fourth-order valence-corrected chi connectivity index (χ4v) is 5.86. The maximum atomic E-state index is 14.5. The van der Waals surface area contributed by atoms with Crippen molar-refractivity contribution in [3.8, 4) is 17.0 Å². The molecule has 9 heteroatoms. The predicted molar refractivity (Wildman–Crippen MR) is 130 cm³/mol. The van der Waals surface area contributed by atoms with E-state index in [0.29, 0.717) is 46.6 Å². The van der Waals surface area contributed by atoms with E-state index in [1.165, 1.54) is 17.4 Å². The van der Waals surface area contributed by atoms with Crippen LogP contribution >= 0.6 is 11.3 Å². The van der Waals surface area contributed by atoms with E-state index in [0.717, 1.165) is 11.4 Å². The van der Waals surface area contributed by atoms with Gasteiger partial charge in [-0.15, -0.1) is 11.3 Å². The normalized spacial score (nSPS) is 20.6. The molecule has 2 amide bonds. The quantitative estimate of drug-likeness (QED) is 0.438. The summed E-state index contributed by atoms with van der Waals surface area (Å²) in [6.07, 6.45) is 2.27. The standard InChI is InChI=1S/C26H23FN4O3S/c1-15-24(30-10-11-35-25(30)29-15)34-26(33)28-13-22-20-12-16(20)14-31(22)23(32)19-8-3-2-6-17(19)18-7-4-5-9-21(18)27/h2-11,16,20,22H,12-14H2,1H3,(H,28,33)/t16-,20-,22+/m0/s1. The number of carbonyl (C=O) groups is 2. The summed E-state index contributed by atoms with van der Waals surface area (Å²) in [7, 11) is 0. The Balaban J connectivity index is 1.19. The fraction of sp³-hybridized carbons (Fsp3) is 0.269. The molecule has 1 aliphatic carbocycles. The van der Waals surface area contributed by atoms with Crippen molar-refractivity contribution in [2.45, 2.75) is 19.4 Å². The molecule has 2 aliphatic rings. The van der Waals surface area contributed by atoms with Gasteiger partial charge < -0.3 is 15.0 Å². The van der Waals surface area contributed by atoms with Crippen molar-refractivity contribution < 1.29 is 18.7 Å². The van der Waals surface area contributed by atoms with Gasteiger partial charge >= 0.3 is 6.09 Å². The van der Waals surface area contributed by atoms with Crippen LogP contribution in [0.25, 0.3) is 16.1 Å². The molecule has 1 saturated carbocycles. The Morgan fingerprint density at radius 3 is 2.77 bits per heavy atom. The van der Waals surface area contributed by atoms with E-state index in [4.69, 9.17) is 4.74 Å². The zero-order valence-electron chi connectivity index (χ0n) is 19.0. The lowest BCUT2D eigenvalue weighted by Crippen LogP contribution is -2.46. The van der Waals surface area contributed by atoms with Crippen LogP contribution in [0.1, 0.15) is 22.5 Å². The number of aryl methyl sites for hydroxylation is 1. The van der Waals surface area contributed by atoms with E-state index in [1.54, 1.807) is 53.8 Å². The highest BCUT2D eigenvalue weighted by molar-refractivity contribution is 7.15. The molecule has 2 fully saturated rings. The Morgan fingerprint density at radius 2 is 1.94 bits per heavy atom. The molecule has 35 heavy (non-hydrogen) atoms. The number of ether oxygens (including phenoxy) is 1. The van der Waals surface area contributed by atoms with Gasteiger partial charge in [-0.05, 0) is 42.9 Å². The minimum absolute atomic E-state index is 0.138. The van der Waals surface area contributed by atoms with Gasteiger partial charge in [0.2, 0.25) is 5.88 Å². The molecule has 2 aromatic carbocycles. The number of nitrogens with one attached hydrogen (secondary N) is 1. The molecule has 0 spiro atoms. The molecule has 1 saturated heterocycles. The van der Waals surface area contributed by atoms with Crippen molar-refractivity contribution in [1.82, 2.24) is 19.6 Å². The zero-order chi connectivity index (χ0) is 24.1. The van der Waals surface area contributed by atoms with Crippen molar-refractivity contribution in [3.05, 3.63) is 77.2 Å². The number of rotatable bonds is 5. The highest BCUT2D eigenvalue weighted by Crippen LogP contribution is 2.50. The molecule has 4 aromatic rings. The van der Waals surface area contributed by atoms with E-state index in [-0.39, 0.29) is 24.3 Å². The largest absolute Gasteiger partial charge is 0.414 e. The number of halogens is 1. The van der Waals surface area contributed by atoms with Crippen molar-refractivity contribution in [2.75, 3.05) is 13.1 Å². The smallest absolute Gasteiger partial charge is 0.391 e. The summed E-state index contributed by atoms with van der Waals surface area (Å²) in [6.45, 7) is 2.72. The van der Waals surface area contributed by atoms with Gasteiger partial charge in [-0.25, -0.2) is 14.2 Å². The van der Waals surface area contributed by atoms with Crippen LogP contribution in [0.5, 0.6) is 5.88 Å². The molecule has 1 aliphatic heterocycles. The van der Waals surface area contributed by atoms with Gasteiger partial charge in [-0.3, -0.25) is 9.20 Å². The second kappa shape index (κ2) is 8.49. The molecule has 1 N–H and O–H groups in total. The second-order valence-corrected chi connectivity index (χ2v) is 9.91. The van der Waals surface area contributed by atoms with Gasteiger partial charge in [0.15, 0.2) is 4.96 Å². The van der Waals surface area contributed by atoms with Crippen molar-refractivity contribution in [1.29, 1.82) is 0 Å². The number of aromatic nitrogens is 2. The number of likely N-dealkylation sites (tertiary alicyclic amines) is 1. The summed E-state index contributed by atoms with van der Waals surface area (Å²) in [6, 6.07) is 13.4. The molecule has 178 valence electrons. The Morgan fingerprint density at radius 1 is 1.17 bits per heavy atom. The average molecular weight is 491 g/mol. The lowest BCUT2D eigenvalue weighted by molar-refractivity contribution is 0.0705. The van der Waals surface area contributed by atoms with Crippen LogP contribution in [0.2, 0.25) is 0 Å². The van der Waals surface area contributed by atoms with Crippen molar-refractivity contribution in [2.24, 2.45) is 11.8 Å². The highest BCUT2D eigenvalue weighted by atomic mass is 32.1. The monoisotopic (exact) mass is 490 g/mol. The van der Waals surface area contributed by atoms with Crippen LogP contribution < -0.4 is 10.1 Å². The third-order valence-electron chi connectivity index (χ3n) is 6.91. The number of amides is 2. The topological polar surface area (TPSA) is 75.9 Å². The van der Waals surface area contributed by atoms with Crippen LogP contribution in [0, 0.1) is 24.6 Å². The SMILES string of the molecule is Cc1nc2sccn2c1OC(=O)NC[C@@H]1[C@H]2C[C@H]2CN1C(=O)c1ccccc1-c1ccccc1F. The first-order valence-corrected chi connectivity index (χ1v) is 12.4. The van der Waals surface area contributed by atoms with E-state index < -0.39 is 6.09 Å². The van der Waals surface area contributed by atoms with Gasteiger partial charge in [-0.2, -0.15) is 0 Å². The van der Waals surface area contributed by atoms with E-state index >= 15 is 0 Å². The first kappa shape index (κ1) is 21.8. The average Bonchev–Trinajstić information content (AvgIpc) is 3.17. The number of imidazole rings is 1. The van der Waals surface area contributed by atoms with Gasteiger partial charge in [-0.1, -0.05) is 36.4 Å². The van der Waals surface area contributed by atoms with Crippen LogP contribution in [0.4, 0.5) is 9.18 Å². The molecule has 0 radical (unpaired) electrons. The molecule has 7 nitrogen and oxygen atoms in total. The number of piperidine rings is 1. The Hall–Kier alpha value is -3.72. The second-order valence-electron chi connectivity index (χ2n) is 9.04. The van der Waals surface area contributed by atoms with E-state index in [1.807, 2.05) is 16.5 Å². The van der Waals surface area contributed by atoms with Gasteiger partial charge in [0, 0.05) is 35.8 Å². The van der Waals surface area contributed by atoms with Gasteiger partial charge in [0.05, 0.1) is 6.04 Å². The molecular formula is C26H23FN4O3S. The summed E-state index contributed by atoms with van der Waals surface area (Å²) in [5.74, 6) is 0.655. The summed E-state index contributed by atoms with van der Waals surface area (Å²) in [5.41, 5.74) is 2.06. The summed E-state index contributed by atoms with van der Waals surface area (Å²) >= 11 is 1.46. The predicted octanol–water partition coefficient (Wildman–Crippen LogP) is 4.76. The van der Waals surface area contributed by atoms with Crippen LogP contribution in [-0.2, 0) is 0 Å². The van der Waals surface area contributed by atoms with E-state index in [9.17, 15) is 14.0 Å². The Kier molecular flexibility index (Phi) is 5.29. The number of hydrogen-bond donors (Lipinski definition) is 1. The number of benzene rings is 2. The molecule has 3 atom stereocenters. The summed E-state index contributed by atoms with van der Waals surface area (Å²) in [5, 5.41) is 4.72. The minimum atomic E-state index is -0.579. The lowest BCUT2D eigenvalue weighted by atomic mass is 9.98. The Labute approximate surface area is 205 Å². The van der Waals surface area contributed by atoms with Gasteiger partial charge in [0.1, 0.15) is 11.5 Å². The van der Waals surface area contributed by atoms with Crippen LogP contribution in [0.15, 0.2) is 60.1 Å². The number of carbonyl (C=O) groups excluding carboxylic acids is 2. The molecule has 3 heterocycles. The fourth-order valence-electron chi connectivity index (χ4n) is 5.11. The molecule has 6 rings (SSSR count). The van der Waals surface area contributed by atoms with Crippen LogP contribution in [-0.4, -0.2) is 45.4 Å². The highest BCUT2D eigenvalue weighted by Gasteiger charge is 2.54. The number of fused-ring (bicyclic) bond motifs is 2. The number of hydrogen-bond acceptors (Lipinski definition) is 5. The molecule has 0 unspecified atom stereocenters. The number of thiazole rings is 1. The van der Waals surface area contributed by atoms with Gasteiger partial charge in [0.25, 0.3) is 5.91 Å². The summed E-state index contributed by atoms with van der Waals surface area (Å²) < 4.78 is 21.8. The third-order valence-corrected chi connectivity index (χ3v) is 7.67. The number of nitrogens with zero attached hydrogens (tertiary/aromatic N) is 3. The molecule has 0 bridgehead atoms. The first-order chi connectivity index (χ1) is 17.0. The van der Waals surface area contributed by atoms with Crippen molar-refractivity contribution >= 4 is 28.3 Å². The first-order valence-electron chi connectivity index (χ1n) is 11.5. The van der Waals surface area contributed by atoms with Crippen molar-refractivity contribution in [3.63, 3.8) is 0 Å². The molecule has 2 aromatic heterocycles. The Bertz CT molecular complexity index is 1450.